The van der Waals surface area contributed by atoms with E-state index >= 15 is 0 Å². The molecule has 0 spiro atoms. The third kappa shape index (κ3) is 2.01. The summed E-state index contributed by atoms with van der Waals surface area (Å²) < 4.78 is 16.5. The van der Waals surface area contributed by atoms with Crippen molar-refractivity contribution >= 4 is 0 Å². The standard InChI is InChI=1S/C13H20O3/c1-2-9(12-6-15-12)4-10(13-7-16-13)3-8(1)11-5-14-11/h8-13H,1-7H2. The van der Waals surface area contributed by atoms with Crippen LogP contribution in [0.1, 0.15) is 25.7 Å². The zero-order valence-electron chi connectivity index (χ0n) is 9.64. The summed E-state index contributed by atoms with van der Waals surface area (Å²) >= 11 is 0. The topological polar surface area (TPSA) is 37.6 Å². The lowest BCUT2D eigenvalue weighted by Gasteiger charge is -2.17. The van der Waals surface area contributed by atoms with E-state index in [4.69, 9.17) is 14.2 Å². The molecule has 0 aromatic heterocycles. The molecule has 0 amide bonds. The van der Waals surface area contributed by atoms with E-state index < -0.39 is 0 Å². The minimum atomic E-state index is 0.570. The van der Waals surface area contributed by atoms with E-state index in [1.165, 1.54) is 25.7 Å². The Labute approximate surface area is 96.4 Å². The lowest BCUT2D eigenvalue weighted by Crippen LogP contribution is -2.17. The summed E-state index contributed by atoms with van der Waals surface area (Å²) in [5.74, 6) is 2.39. The van der Waals surface area contributed by atoms with E-state index in [0.29, 0.717) is 18.3 Å². The highest BCUT2D eigenvalue weighted by molar-refractivity contribution is 4.93. The van der Waals surface area contributed by atoms with Gasteiger partial charge in [-0.3, -0.25) is 0 Å². The van der Waals surface area contributed by atoms with Crippen LogP contribution in [0, 0.1) is 17.8 Å². The van der Waals surface area contributed by atoms with Crippen LogP contribution in [0.2, 0.25) is 0 Å². The molecule has 4 aliphatic rings. The molecule has 3 heteroatoms. The highest BCUT2D eigenvalue weighted by Crippen LogP contribution is 2.44. The molecule has 0 aromatic carbocycles. The van der Waals surface area contributed by atoms with Gasteiger partial charge in [-0.15, -0.1) is 0 Å². The molecule has 5 atom stereocenters. The van der Waals surface area contributed by atoms with Crippen molar-refractivity contribution in [3.05, 3.63) is 0 Å². The SMILES string of the molecule is C1CC(C2CO2)CC(C2CO2)CC1C1CO1. The Morgan fingerprint density at radius 1 is 0.562 bits per heavy atom. The minimum absolute atomic E-state index is 0.570. The zero-order chi connectivity index (χ0) is 10.5. The molecule has 1 saturated carbocycles. The summed E-state index contributed by atoms with van der Waals surface area (Å²) in [7, 11) is 0. The van der Waals surface area contributed by atoms with E-state index in [9.17, 15) is 0 Å². The van der Waals surface area contributed by atoms with Gasteiger partial charge in [0.15, 0.2) is 0 Å². The summed E-state index contributed by atoms with van der Waals surface area (Å²) in [6.45, 7) is 3.02. The molecule has 3 nitrogen and oxygen atoms in total. The first-order valence-corrected chi connectivity index (χ1v) is 6.75. The van der Waals surface area contributed by atoms with Gasteiger partial charge in [-0.05, 0) is 43.4 Å². The van der Waals surface area contributed by atoms with Crippen molar-refractivity contribution in [1.82, 2.24) is 0 Å². The average Bonchev–Trinajstić information content (AvgIpc) is 3.22. The molecule has 90 valence electrons. The summed E-state index contributed by atoms with van der Waals surface area (Å²) in [6, 6.07) is 0. The second kappa shape index (κ2) is 3.69. The number of hydrogen-bond donors (Lipinski definition) is 0. The van der Waals surface area contributed by atoms with E-state index in [2.05, 4.69) is 0 Å². The Balaban J connectivity index is 1.46. The quantitative estimate of drug-likeness (QED) is 0.540. The van der Waals surface area contributed by atoms with Crippen LogP contribution in [0.3, 0.4) is 0 Å². The van der Waals surface area contributed by atoms with Crippen molar-refractivity contribution in [1.29, 1.82) is 0 Å². The fourth-order valence-electron chi connectivity index (χ4n) is 3.50. The minimum Gasteiger partial charge on any atom is -0.373 e. The normalized spacial score (nSPS) is 55.5. The Bertz CT molecular complexity index is 246. The highest BCUT2D eigenvalue weighted by atomic mass is 16.6. The van der Waals surface area contributed by atoms with Gasteiger partial charge in [0, 0.05) is 0 Å². The van der Waals surface area contributed by atoms with Crippen LogP contribution in [0.4, 0.5) is 0 Å². The summed E-state index contributed by atoms with van der Waals surface area (Å²) in [5, 5.41) is 0. The average molecular weight is 224 g/mol. The molecule has 0 radical (unpaired) electrons. The lowest BCUT2D eigenvalue weighted by atomic mass is 9.87. The first-order chi connectivity index (χ1) is 7.90. The van der Waals surface area contributed by atoms with Crippen molar-refractivity contribution in [3.63, 3.8) is 0 Å². The smallest absolute Gasteiger partial charge is 0.0838 e. The zero-order valence-corrected chi connectivity index (χ0v) is 9.64. The van der Waals surface area contributed by atoms with Gasteiger partial charge in [0.2, 0.25) is 0 Å². The molecule has 3 heterocycles. The van der Waals surface area contributed by atoms with Gasteiger partial charge < -0.3 is 14.2 Å². The highest BCUT2D eigenvalue weighted by Gasteiger charge is 2.45. The van der Waals surface area contributed by atoms with Gasteiger partial charge in [0.25, 0.3) is 0 Å². The Morgan fingerprint density at radius 2 is 0.938 bits per heavy atom. The Morgan fingerprint density at radius 3 is 1.31 bits per heavy atom. The number of epoxide rings is 3. The van der Waals surface area contributed by atoms with E-state index in [1.807, 2.05) is 0 Å². The molecule has 3 aliphatic heterocycles. The first-order valence-electron chi connectivity index (χ1n) is 6.75. The third-order valence-electron chi connectivity index (χ3n) is 4.77. The van der Waals surface area contributed by atoms with Crippen LogP contribution in [0.5, 0.6) is 0 Å². The van der Waals surface area contributed by atoms with E-state index in [-0.39, 0.29) is 0 Å². The van der Waals surface area contributed by atoms with Gasteiger partial charge >= 0.3 is 0 Å². The third-order valence-corrected chi connectivity index (χ3v) is 4.77. The van der Waals surface area contributed by atoms with Crippen molar-refractivity contribution in [2.24, 2.45) is 17.8 Å². The lowest BCUT2D eigenvalue weighted by molar-refractivity contribution is 0.231. The van der Waals surface area contributed by atoms with Gasteiger partial charge in [0.05, 0.1) is 38.1 Å². The fraction of sp³-hybridized carbons (Fsp3) is 1.00. The monoisotopic (exact) mass is 224 g/mol. The van der Waals surface area contributed by atoms with Crippen molar-refractivity contribution in [3.8, 4) is 0 Å². The molecular weight excluding hydrogens is 204 g/mol. The van der Waals surface area contributed by atoms with Crippen LogP contribution in [-0.4, -0.2) is 38.1 Å². The van der Waals surface area contributed by atoms with Crippen molar-refractivity contribution in [2.75, 3.05) is 19.8 Å². The summed E-state index contributed by atoms with van der Waals surface area (Å²) in [4.78, 5) is 0. The van der Waals surface area contributed by atoms with Gasteiger partial charge in [-0.2, -0.15) is 0 Å². The molecule has 4 fully saturated rings. The fourth-order valence-corrected chi connectivity index (χ4v) is 3.50. The van der Waals surface area contributed by atoms with Crippen LogP contribution in [0.25, 0.3) is 0 Å². The second-order valence-electron chi connectivity index (χ2n) is 5.94. The first kappa shape index (κ1) is 9.86. The van der Waals surface area contributed by atoms with Crippen LogP contribution in [0.15, 0.2) is 0 Å². The van der Waals surface area contributed by atoms with Gasteiger partial charge in [0.1, 0.15) is 0 Å². The van der Waals surface area contributed by atoms with Gasteiger partial charge in [-0.25, -0.2) is 0 Å². The predicted molar refractivity (Wildman–Crippen MR) is 58.2 cm³/mol. The molecule has 1 aliphatic carbocycles. The maximum absolute atomic E-state index is 5.52. The molecule has 16 heavy (non-hydrogen) atoms. The van der Waals surface area contributed by atoms with Gasteiger partial charge in [-0.1, -0.05) is 0 Å². The molecular formula is C13H20O3. The van der Waals surface area contributed by atoms with Crippen molar-refractivity contribution < 1.29 is 14.2 Å². The Hall–Kier alpha value is -0.120. The molecule has 5 unspecified atom stereocenters. The maximum atomic E-state index is 5.52. The molecule has 0 N–H and O–H groups in total. The van der Waals surface area contributed by atoms with Crippen LogP contribution >= 0.6 is 0 Å². The van der Waals surface area contributed by atoms with E-state index in [1.54, 1.807) is 0 Å². The predicted octanol–water partition coefficient (Wildman–Crippen LogP) is 1.61. The second-order valence-corrected chi connectivity index (χ2v) is 5.94. The number of ether oxygens (including phenoxy) is 3. The van der Waals surface area contributed by atoms with E-state index in [0.717, 1.165) is 37.6 Å². The number of rotatable bonds is 3. The van der Waals surface area contributed by atoms with Crippen molar-refractivity contribution in [2.45, 2.75) is 44.0 Å². The molecule has 4 rings (SSSR count). The molecule has 0 bridgehead atoms. The maximum Gasteiger partial charge on any atom is 0.0838 e. The van der Waals surface area contributed by atoms with Crippen LogP contribution in [-0.2, 0) is 14.2 Å². The summed E-state index contributed by atoms with van der Waals surface area (Å²) in [5.41, 5.74) is 0. The largest absolute Gasteiger partial charge is 0.373 e. The number of hydrogen-bond acceptors (Lipinski definition) is 3. The summed E-state index contributed by atoms with van der Waals surface area (Å²) in [6.07, 6.45) is 7.09. The molecule has 0 aromatic rings. The Kier molecular flexibility index (Phi) is 2.27. The van der Waals surface area contributed by atoms with Crippen LogP contribution < -0.4 is 0 Å². The molecule has 3 saturated heterocycles.